The van der Waals surface area contributed by atoms with Gasteiger partial charge in [0.05, 0.1) is 13.2 Å². The molecule has 1 saturated heterocycles. The molecule has 0 radical (unpaired) electrons. The maximum absolute atomic E-state index is 10.9. The summed E-state index contributed by atoms with van der Waals surface area (Å²) >= 11 is 0. The van der Waals surface area contributed by atoms with Gasteiger partial charge in [-0.2, -0.15) is 0 Å². The first-order valence-electron chi connectivity index (χ1n) is 3.58. The first kappa shape index (κ1) is 8.20. The Kier molecular flexibility index (Phi) is 2.59. The molecule has 0 aliphatic carbocycles. The van der Waals surface area contributed by atoms with E-state index in [-0.39, 0.29) is 11.8 Å². The lowest BCUT2D eigenvalue weighted by Gasteiger charge is -2.11. The van der Waals surface area contributed by atoms with Crippen LogP contribution in [-0.2, 0) is 14.3 Å². The summed E-state index contributed by atoms with van der Waals surface area (Å²) in [6.45, 7) is 0.825. The minimum Gasteiger partial charge on any atom is -0.383 e. The number of carbonyl (C=O) groups is 2. The van der Waals surface area contributed by atoms with Crippen LogP contribution in [0.3, 0.4) is 0 Å². The molecule has 0 bridgehead atoms. The second-order valence-corrected chi connectivity index (χ2v) is 2.43. The van der Waals surface area contributed by atoms with Crippen molar-refractivity contribution in [1.82, 2.24) is 4.90 Å². The lowest BCUT2D eigenvalue weighted by atomic mass is 10.4. The van der Waals surface area contributed by atoms with Crippen LogP contribution in [0.4, 0.5) is 0 Å². The number of hydrogen-bond acceptors (Lipinski definition) is 3. The Morgan fingerprint density at radius 3 is 2.36 bits per heavy atom. The van der Waals surface area contributed by atoms with E-state index in [0.717, 1.165) is 0 Å². The van der Waals surface area contributed by atoms with Crippen LogP contribution in [0.1, 0.15) is 12.8 Å². The van der Waals surface area contributed by atoms with E-state index >= 15 is 0 Å². The number of nitrogens with zero attached hydrogens (tertiary/aromatic N) is 1. The highest BCUT2D eigenvalue weighted by Crippen LogP contribution is 2.10. The molecule has 0 saturated carbocycles. The summed E-state index contributed by atoms with van der Waals surface area (Å²) in [5, 5.41) is 0. The maximum atomic E-state index is 10.9. The lowest BCUT2D eigenvalue weighted by molar-refractivity contribution is -0.139. The summed E-state index contributed by atoms with van der Waals surface area (Å²) in [7, 11) is 1.55. The molecule has 4 nitrogen and oxygen atoms in total. The highest BCUT2D eigenvalue weighted by atomic mass is 16.5. The van der Waals surface area contributed by atoms with Gasteiger partial charge in [0, 0.05) is 20.0 Å². The molecule has 1 fully saturated rings. The zero-order valence-corrected chi connectivity index (χ0v) is 6.50. The van der Waals surface area contributed by atoms with E-state index in [9.17, 15) is 9.59 Å². The van der Waals surface area contributed by atoms with Crippen LogP contribution < -0.4 is 0 Å². The van der Waals surface area contributed by atoms with Gasteiger partial charge in [0.2, 0.25) is 11.8 Å². The first-order valence-corrected chi connectivity index (χ1v) is 3.58. The largest absolute Gasteiger partial charge is 0.383 e. The van der Waals surface area contributed by atoms with Gasteiger partial charge in [-0.1, -0.05) is 0 Å². The number of rotatable bonds is 3. The number of likely N-dealkylation sites (tertiary alicyclic amines) is 1. The topological polar surface area (TPSA) is 46.6 Å². The fourth-order valence-electron chi connectivity index (χ4n) is 1.05. The third-order valence-corrected chi connectivity index (χ3v) is 1.67. The van der Waals surface area contributed by atoms with Crippen LogP contribution in [-0.4, -0.2) is 37.0 Å². The molecular formula is C7H11NO3. The van der Waals surface area contributed by atoms with Gasteiger partial charge in [0.25, 0.3) is 0 Å². The minimum atomic E-state index is -0.0768. The molecule has 1 heterocycles. The number of ether oxygens (including phenoxy) is 1. The molecule has 0 unspecified atom stereocenters. The van der Waals surface area contributed by atoms with Crippen molar-refractivity contribution in [3.63, 3.8) is 0 Å². The molecule has 1 aliphatic rings. The van der Waals surface area contributed by atoms with E-state index in [1.807, 2.05) is 0 Å². The minimum absolute atomic E-state index is 0.0768. The van der Waals surface area contributed by atoms with Crippen molar-refractivity contribution in [3.8, 4) is 0 Å². The van der Waals surface area contributed by atoms with Gasteiger partial charge < -0.3 is 4.74 Å². The van der Waals surface area contributed by atoms with Crippen molar-refractivity contribution in [2.45, 2.75) is 12.8 Å². The normalized spacial score (nSPS) is 18.1. The second kappa shape index (κ2) is 3.48. The van der Waals surface area contributed by atoms with Crippen LogP contribution in [0.25, 0.3) is 0 Å². The summed E-state index contributed by atoms with van der Waals surface area (Å²) < 4.78 is 4.75. The van der Waals surface area contributed by atoms with Crippen LogP contribution >= 0.6 is 0 Å². The number of hydrogen-bond donors (Lipinski definition) is 0. The number of methoxy groups -OCH3 is 1. The molecule has 1 rings (SSSR count). The molecular weight excluding hydrogens is 146 g/mol. The smallest absolute Gasteiger partial charge is 0.229 e. The van der Waals surface area contributed by atoms with Crippen LogP contribution in [0.2, 0.25) is 0 Å². The van der Waals surface area contributed by atoms with Crippen molar-refractivity contribution in [1.29, 1.82) is 0 Å². The molecule has 0 aromatic rings. The fourth-order valence-corrected chi connectivity index (χ4v) is 1.05. The molecule has 0 atom stereocenters. The van der Waals surface area contributed by atoms with E-state index in [2.05, 4.69) is 0 Å². The van der Waals surface area contributed by atoms with Gasteiger partial charge in [-0.05, 0) is 0 Å². The van der Waals surface area contributed by atoms with Gasteiger partial charge in [-0.3, -0.25) is 14.5 Å². The Hall–Kier alpha value is -0.900. The first-order chi connectivity index (χ1) is 5.25. The Balaban J connectivity index is 2.41. The summed E-state index contributed by atoms with van der Waals surface area (Å²) in [5.41, 5.74) is 0. The zero-order chi connectivity index (χ0) is 8.27. The van der Waals surface area contributed by atoms with Crippen LogP contribution in [0, 0.1) is 0 Å². The van der Waals surface area contributed by atoms with Gasteiger partial charge in [-0.15, -0.1) is 0 Å². The average Bonchev–Trinajstić information content (AvgIpc) is 2.29. The Morgan fingerprint density at radius 2 is 1.91 bits per heavy atom. The van der Waals surface area contributed by atoms with Crippen molar-refractivity contribution in [3.05, 3.63) is 0 Å². The van der Waals surface area contributed by atoms with Gasteiger partial charge in [0.15, 0.2) is 0 Å². The third-order valence-electron chi connectivity index (χ3n) is 1.67. The summed E-state index contributed by atoms with van der Waals surface area (Å²) in [6.07, 6.45) is 0.727. The van der Waals surface area contributed by atoms with E-state index < -0.39 is 0 Å². The molecule has 0 N–H and O–H groups in total. The monoisotopic (exact) mass is 157 g/mol. The van der Waals surface area contributed by atoms with Crippen molar-refractivity contribution >= 4 is 11.8 Å². The summed E-state index contributed by atoms with van der Waals surface area (Å²) in [4.78, 5) is 23.1. The zero-order valence-electron chi connectivity index (χ0n) is 6.50. The van der Waals surface area contributed by atoms with E-state index in [4.69, 9.17) is 4.74 Å². The molecule has 11 heavy (non-hydrogen) atoms. The molecule has 1 aliphatic heterocycles. The fraction of sp³-hybridized carbons (Fsp3) is 0.714. The van der Waals surface area contributed by atoms with Crippen LogP contribution in [0.15, 0.2) is 0 Å². The van der Waals surface area contributed by atoms with E-state index in [1.54, 1.807) is 7.11 Å². The van der Waals surface area contributed by atoms with Crippen molar-refractivity contribution in [2.75, 3.05) is 20.3 Å². The van der Waals surface area contributed by atoms with Crippen molar-refractivity contribution in [2.24, 2.45) is 0 Å². The van der Waals surface area contributed by atoms with Crippen molar-refractivity contribution < 1.29 is 14.3 Å². The Labute approximate surface area is 65.1 Å². The quantitative estimate of drug-likeness (QED) is 0.532. The number of carbonyl (C=O) groups excluding carboxylic acids is 2. The van der Waals surface area contributed by atoms with Gasteiger partial charge >= 0.3 is 0 Å². The lowest BCUT2D eigenvalue weighted by Crippen LogP contribution is -2.32. The Morgan fingerprint density at radius 1 is 1.36 bits per heavy atom. The van der Waals surface area contributed by atoms with Crippen LogP contribution in [0.5, 0.6) is 0 Å². The predicted octanol–water partition coefficient (Wildman–Crippen LogP) is -0.218. The summed E-state index contributed by atoms with van der Waals surface area (Å²) in [6, 6.07) is 0. The Bertz CT molecular complexity index is 163. The highest BCUT2D eigenvalue weighted by molar-refractivity contribution is 6.01. The molecule has 0 aromatic carbocycles. The van der Waals surface area contributed by atoms with E-state index in [0.29, 0.717) is 26.0 Å². The second-order valence-electron chi connectivity index (χ2n) is 2.43. The number of amides is 2. The number of imide groups is 1. The predicted molar refractivity (Wildman–Crippen MR) is 37.8 cm³/mol. The standard InChI is InChI=1S/C7H11NO3/c1-11-5-4-8-6(9)2-3-7(8)10/h2-5H2,1H3. The SMILES string of the molecule is COCCN1C(=O)CCC1=O. The van der Waals surface area contributed by atoms with Gasteiger partial charge in [-0.25, -0.2) is 0 Å². The highest BCUT2D eigenvalue weighted by Gasteiger charge is 2.27. The summed E-state index contributed by atoms with van der Waals surface area (Å²) in [5.74, 6) is -0.154. The maximum Gasteiger partial charge on any atom is 0.229 e. The molecule has 2 amide bonds. The molecule has 0 aromatic heterocycles. The average molecular weight is 157 g/mol. The molecule has 62 valence electrons. The van der Waals surface area contributed by atoms with E-state index in [1.165, 1.54) is 4.90 Å². The molecule has 0 spiro atoms. The third kappa shape index (κ3) is 1.77. The van der Waals surface area contributed by atoms with Gasteiger partial charge in [0.1, 0.15) is 0 Å². The molecule has 4 heteroatoms.